The third-order valence-corrected chi connectivity index (χ3v) is 6.40. The quantitative estimate of drug-likeness (QED) is 0.545. The Bertz CT molecular complexity index is 1130. The molecule has 0 amide bonds. The third-order valence-electron chi connectivity index (χ3n) is 6.40. The summed E-state index contributed by atoms with van der Waals surface area (Å²) in [7, 11) is 2.15. The SMILES string of the molecule is Cc1nc(N[C@H](C)c2cccc(C(C)F)c2F)c2cc([C@@H]3CCCN(C)C3)c(C)nc2n1. The van der Waals surface area contributed by atoms with Gasteiger partial charge in [-0.3, -0.25) is 0 Å². The summed E-state index contributed by atoms with van der Waals surface area (Å²) in [6.07, 6.45) is 0.921. The summed E-state index contributed by atoms with van der Waals surface area (Å²) < 4.78 is 28.8. The number of rotatable bonds is 5. The number of nitrogens with zero attached hydrogens (tertiary/aromatic N) is 4. The van der Waals surface area contributed by atoms with Crippen LogP contribution in [-0.2, 0) is 0 Å². The number of aryl methyl sites for hydroxylation is 2. The van der Waals surface area contributed by atoms with E-state index in [0.717, 1.165) is 37.0 Å². The molecule has 1 aliphatic rings. The maximum atomic E-state index is 14.9. The van der Waals surface area contributed by atoms with E-state index in [1.807, 2.05) is 20.8 Å². The van der Waals surface area contributed by atoms with Crippen molar-refractivity contribution in [3.05, 3.63) is 58.3 Å². The van der Waals surface area contributed by atoms with E-state index in [0.29, 0.717) is 28.8 Å². The van der Waals surface area contributed by atoms with Gasteiger partial charge in [-0.1, -0.05) is 18.2 Å². The predicted molar refractivity (Wildman–Crippen MR) is 124 cm³/mol. The third kappa shape index (κ3) is 4.44. The lowest BCUT2D eigenvalue weighted by atomic mass is 9.89. The van der Waals surface area contributed by atoms with E-state index in [1.165, 1.54) is 18.6 Å². The van der Waals surface area contributed by atoms with Gasteiger partial charge in [0, 0.05) is 23.4 Å². The number of likely N-dealkylation sites (tertiary alicyclic amines) is 1. The molecule has 0 spiro atoms. The van der Waals surface area contributed by atoms with Gasteiger partial charge in [-0.05, 0) is 71.7 Å². The van der Waals surface area contributed by atoms with Crippen LogP contribution in [0.2, 0.25) is 0 Å². The zero-order valence-electron chi connectivity index (χ0n) is 19.4. The van der Waals surface area contributed by atoms with Crippen LogP contribution in [0.5, 0.6) is 0 Å². The van der Waals surface area contributed by atoms with Gasteiger partial charge in [0.1, 0.15) is 23.6 Å². The highest BCUT2D eigenvalue weighted by Gasteiger charge is 2.23. The van der Waals surface area contributed by atoms with Crippen molar-refractivity contribution in [3.8, 4) is 0 Å². The second kappa shape index (κ2) is 9.06. The number of benzene rings is 1. The molecule has 1 aliphatic heterocycles. The summed E-state index contributed by atoms with van der Waals surface area (Å²) in [6, 6.07) is 6.60. The largest absolute Gasteiger partial charge is 0.363 e. The van der Waals surface area contributed by atoms with Crippen LogP contribution in [0, 0.1) is 19.7 Å². The summed E-state index contributed by atoms with van der Waals surface area (Å²) in [4.78, 5) is 16.3. The molecule has 0 aliphatic carbocycles. The first-order chi connectivity index (χ1) is 15.2. The Morgan fingerprint density at radius 1 is 1.12 bits per heavy atom. The number of anilines is 1. The predicted octanol–water partition coefficient (Wildman–Crippen LogP) is 5.79. The average molecular weight is 440 g/mol. The van der Waals surface area contributed by atoms with Gasteiger partial charge in [0.2, 0.25) is 0 Å². The summed E-state index contributed by atoms with van der Waals surface area (Å²) in [5.41, 5.74) is 3.31. The number of halogens is 2. The Morgan fingerprint density at radius 2 is 1.88 bits per heavy atom. The summed E-state index contributed by atoms with van der Waals surface area (Å²) in [5.74, 6) is 1.11. The van der Waals surface area contributed by atoms with E-state index < -0.39 is 18.0 Å². The number of likely N-dealkylation sites (N-methyl/N-ethyl adjacent to an activating group) is 1. The summed E-state index contributed by atoms with van der Waals surface area (Å²) in [6.45, 7) is 9.18. The first-order valence-corrected chi connectivity index (χ1v) is 11.3. The summed E-state index contributed by atoms with van der Waals surface area (Å²) in [5, 5.41) is 4.17. The molecule has 1 unspecified atom stereocenters. The molecular weight excluding hydrogens is 408 g/mol. The fourth-order valence-electron chi connectivity index (χ4n) is 4.70. The van der Waals surface area contributed by atoms with Gasteiger partial charge < -0.3 is 10.2 Å². The van der Waals surface area contributed by atoms with E-state index in [9.17, 15) is 8.78 Å². The molecule has 5 nitrogen and oxygen atoms in total. The molecule has 0 radical (unpaired) electrons. The van der Waals surface area contributed by atoms with E-state index in [1.54, 1.807) is 12.1 Å². The van der Waals surface area contributed by atoms with Crippen molar-refractivity contribution < 1.29 is 8.78 Å². The number of fused-ring (bicyclic) bond motifs is 1. The second-order valence-electron chi connectivity index (χ2n) is 8.99. The fourth-order valence-corrected chi connectivity index (χ4v) is 4.70. The number of hydrogen-bond donors (Lipinski definition) is 1. The monoisotopic (exact) mass is 439 g/mol. The van der Waals surface area contributed by atoms with Crippen molar-refractivity contribution in [2.45, 2.75) is 58.7 Å². The highest BCUT2D eigenvalue weighted by atomic mass is 19.1. The Balaban J connectivity index is 1.74. The second-order valence-corrected chi connectivity index (χ2v) is 8.99. The van der Waals surface area contributed by atoms with E-state index in [4.69, 9.17) is 4.98 Å². The van der Waals surface area contributed by atoms with Gasteiger partial charge in [0.15, 0.2) is 5.65 Å². The van der Waals surface area contributed by atoms with Gasteiger partial charge in [0.25, 0.3) is 0 Å². The fraction of sp³-hybridized carbons (Fsp3) is 0.480. The van der Waals surface area contributed by atoms with Crippen molar-refractivity contribution in [3.63, 3.8) is 0 Å². The average Bonchev–Trinajstić information content (AvgIpc) is 2.73. The molecule has 2 aromatic heterocycles. The van der Waals surface area contributed by atoms with Crippen LogP contribution in [0.1, 0.15) is 73.0 Å². The molecular formula is C25H31F2N5. The highest BCUT2D eigenvalue weighted by molar-refractivity contribution is 5.87. The van der Waals surface area contributed by atoms with Crippen LogP contribution in [0.3, 0.4) is 0 Å². The number of nitrogens with one attached hydrogen (secondary N) is 1. The number of piperidine rings is 1. The Morgan fingerprint density at radius 3 is 2.59 bits per heavy atom. The van der Waals surface area contributed by atoms with Crippen LogP contribution < -0.4 is 5.32 Å². The van der Waals surface area contributed by atoms with Crippen molar-refractivity contribution in [2.75, 3.05) is 25.5 Å². The first kappa shape index (κ1) is 22.5. The maximum Gasteiger partial charge on any atom is 0.165 e. The number of hydrogen-bond acceptors (Lipinski definition) is 5. The van der Waals surface area contributed by atoms with E-state index in [-0.39, 0.29) is 5.56 Å². The summed E-state index contributed by atoms with van der Waals surface area (Å²) >= 11 is 0. The molecule has 32 heavy (non-hydrogen) atoms. The minimum atomic E-state index is -1.37. The lowest BCUT2D eigenvalue weighted by molar-refractivity contribution is 0.250. The van der Waals surface area contributed by atoms with Gasteiger partial charge in [-0.15, -0.1) is 0 Å². The maximum absolute atomic E-state index is 14.9. The molecule has 3 heterocycles. The normalized spacial score (nSPS) is 19.2. The standard InChI is InChI=1S/C25H31F2N5/c1-14(26)19-9-6-10-20(23(19)27)15(2)28-24-22-12-21(18-8-7-11-32(5)13-18)16(3)29-25(22)31-17(4)30-24/h6,9-10,12,14-15,18H,7-8,11,13H2,1-5H3,(H,28,29,30,31)/t14?,15-,18-/m1/s1. The minimum Gasteiger partial charge on any atom is -0.363 e. The molecule has 4 rings (SSSR count). The van der Waals surface area contributed by atoms with Crippen LogP contribution in [0.25, 0.3) is 11.0 Å². The van der Waals surface area contributed by atoms with Crippen molar-refractivity contribution in [1.82, 2.24) is 19.9 Å². The van der Waals surface area contributed by atoms with Crippen molar-refractivity contribution in [2.24, 2.45) is 0 Å². The van der Waals surface area contributed by atoms with E-state index >= 15 is 0 Å². The van der Waals surface area contributed by atoms with Gasteiger partial charge >= 0.3 is 0 Å². The van der Waals surface area contributed by atoms with Gasteiger partial charge in [-0.25, -0.2) is 23.7 Å². The van der Waals surface area contributed by atoms with Crippen LogP contribution in [0.15, 0.2) is 24.3 Å². The number of alkyl halides is 1. The molecule has 7 heteroatoms. The lowest BCUT2D eigenvalue weighted by Crippen LogP contribution is -2.31. The molecule has 1 fully saturated rings. The van der Waals surface area contributed by atoms with Crippen LogP contribution in [0.4, 0.5) is 14.6 Å². The van der Waals surface area contributed by atoms with Gasteiger partial charge in [-0.2, -0.15) is 0 Å². The molecule has 170 valence electrons. The Labute approximate surface area is 188 Å². The topological polar surface area (TPSA) is 53.9 Å². The first-order valence-electron chi connectivity index (χ1n) is 11.3. The highest BCUT2D eigenvalue weighted by Crippen LogP contribution is 2.33. The number of aromatic nitrogens is 3. The molecule has 1 saturated heterocycles. The molecule has 3 aromatic rings. The molecule has 0 bridgehead atoms. The lowest BCUT2D eigenvalue weighted by Gasteiger charge is -2.30. The Kier molecular flexibility index (Phi) is 6.38. The molecule has 1 N–H and O–H groups in total. The van der Waals surface area contributed by atoms with Gasteiger partial charge in [0.05, 0.1) is 11.4 Å². The van der Waals surface area contributed by atoms with E-state index in [2.05, 4.69) is 33.3 Å². The zero-order chi connectivity index (χ0) is 23.0. The molecule has 1 aromatic carbocycles. The smallest absolute Gasteiger partial charge is 0.165 e. The van der Waals surface area contributed by atoms with Crippen LogP contribution >= 0.6 is 0 Å². The molecule has 0 saturated carbocycles. The number of pyridine rings is 1. The van der Waals surface area contributed by atoms with Crippen LogP contribution in [-0.4, -0.2) is 40.0 Å². The Hall–Kier alpha value is -2.67. The van der Waals surface area contributed by atoms with Crippen molar-refractivity contribution in [1.29, 1.82) is 0 Å². The molecule has 3 atom stereocenters. The minimum absolute atomic E-state index is 0.0703. The van der Waals surface area contributed by atoms with Crippen molar-refractivity contribution >= 4 is 16.9 Å². The zero-order valence-corrected chi connectivity index (χ0v) is 19.4.